The Bertz CT molecular complexity index is 3770. The summed E-state index contributed by atoms with van der Waals surface area (Å²) in [4.78, 5) is 17.0. The lowest BCUT2D eigenvalue weighted by molar-refractivity contribution is 1.29. The third kappa shape index (κ3) is 6.14. The molecule has 13 aromatic rings. The maximum Gasteiger partial charge on any atom is 0.0888 e. The molecular formula is C57H34N4S2. The minimum atomic E-state index is 0.979. The largest absolute Gasteiger partial charge is 0.310 e. The minimum absolute atomic E-state index is 0.979. The van der Waals surface area contributed by atoms with E-state index in [-0.39, 0.29) is 0 Å². The van der Waals surface area contributed by atoms with E-state index in [4.69, 9.17) is 15.0 Å². The van der Waals surface area contributed by atoms with Crippen LogP contribution in [-0.2, 0) is 0 Å². The first kappa shape index (κ1) is 35.9. The summed E-state index contributed by atoms with van der Waals surface area (Å²) in [5.41, 5.74) is 11.9. The summed E-state index contributed by atoms with van der Waals surface area (Å²) >= 11 is 3.60. The molecule has 5 aromatic heterocycles. The molecule has 0 amide bonds. The van der Waals surface area contributed by atoms with Crippen LogP contribution >= 0.6 is 22.7 Å². The summed E-state index contributed by atoms with van der Waals surface area (Å²) in [6.45, 7) is 0. The number of nitrogens with zero attached hydrogens (tertiary/aromatic N) is 4. The molecule has 0 atom stereocenters. The van der Waals surface area contributed by atoms with Gasteiger partial charge in [-0.3, -0.25) is 15.0 Å². The van der Waals surface area contributed by atoms with E-state index in [9.17, 15) is 0 Å². The molecule has 0 saturated heterocycles. The van der Waals surface area contributed by atoms with Gasteiger partial charge in [-0.1, -0.05) is 115 Å². The average Bonchev–Trinajstić information content (AvgIpc) is 3.92. The number of rotatable bonds is 6. The first-order chi connectivity index (χ1) is 31.2. The summed E-state index contributed by atoms with van der Waals surface area (Å²) in [6, 6.07) is 68.0. The Hall–Kier alpha value is -7.77. The van der Waals surface area contributed by atoms with E-state index in [1.807, 2.05) is 18.6 Å². The zero-order valence-corrected chi connectivity index (χ0v) is 35.4. The molecule has 0 aliphatic heterocycles. The van der Waals surface area contributed by atoms with Gasteiger partial charge in [0.1, 0.15) is 0 Å². The Labute approximate surface area is 370 Å². The highest BCUT2D eigenvalue weighted by atomic mass is 32.1. The molecule has 0 unspecified atom stereocenters. The summed E-state index contributed by atoms with van der Waals surface area (Å²) in [5, 5.41) is 9.57. The molecule has 294 valence electrons. The lowest BCUT2D eigenvalue weighted by atomic mass is 9.98. The van der Waals surface area contributed by atoms with Crippen molar-refractivity contribution in [2.45, 2.75) is 0 Å². The number of fused-ring (bicyclic) bond motifs is 10. The fourth-order valence-electron chi connectivity index (χ4n) is 9.16. The van der Waals surface area contributed by atoms with Gasteiger partial charge in [0.2, 0.25) is 0 Å². The van der Waals surface area contributed by atoms with Crippen LogP contribution in [0.3, 0.4) is 0 Å². The highest BCUT2D eigenvalue weighted by molar-refractivity contribution is 7.26. The Morgan fingerprint density at radius 1 is 0.302 bits per heavy atom. The molecule has 4 nitrogen and oxygen atoms in total. The van der Waals surface area contributed by atoms with E-state index in [0.29, 0.717) is 0 Å². The second-order valence-corrected chi connectivity index (χ2v) is 18.3. The molecular weight excluding hydrogens is 805 g/mol. The van der Waals surface area contributed by atoms with E-state index < -0.39 is 0 Å². The van der Waals surface area contributed by atoms with Crippen molar-refractivity contribution in [1.82, 2.24) is 15.0 Å². The quantitative estimate of drug-likeness (QED) is 0.156. The van der Waals surface area contributed by atoms with Gasteiger partial charge >= 0.3 is 0 Å². The van der Waals surface area contributed by atoms with Gasteiger partial charge < -0.3 is 4.90 Å². The van der Waals surface area contributed by atoms with Crippen LogP contribution in [0.5, 0.6) is 0 Å². The van der Waals surface area contributed by atoms with Gasteiger partial charge in [0, 0.05) is 77.9 Å². The van der Waals surface area contributed by atoms with Crippen molar-refractivity contribution in [3.05, 3.63) is 207 Å². The number of aromatic nitrogens is 3. The van der Waals surface area contributed by atoms with Gasteiger partial charge in [0.25, 0.3) is 0 Å². The van der Waals surface area contributed by atoms with E-state index in [2.05, 4.69) is 193 Å². The zero-order valence-electron chi connectivity index (χ0n) is 33.7. The Kier molecular flexibility index (Phi) is 8.22. The molecule has 63 heavy (non-hydrogen) atoms. The van der Waals surface area contributed by atoms with Crippen molar-refractivity contribution >= 4 is 113 Å². The Morgan fingerprint density at radius 3 is 1.43 bits per heavy atom. The second kappa shape index (κ2) is 14.4. The molecule has 5 heterocycles. The summed E-state index contributed by atoms with van der Waals surface area (Å²) in [5.74, 6) is 0. The molecule has 13 rings (SSSR count). The molecule has 0 radical (unpaired) electrons. The molecule has 0 bridgehead atoms. The smallest absolute Gasteiger partial charge is 0.0888 e. The molecule has 8 aromatic carbocycles. The van der Waals surface area contributed by atoms with Gasteiger partial charge in [0.05, 0.1) is 26.1 Å². The first-order valence-electron chi connectivity index (χ1n) is 21.0. The maximum absolute atomic E-state index is 4.93. The van der Waals surface area contributed by atoms with Crippen LogP contribution in [0.1, 0.15) is 0 Å². The average molecular weight is 839 g/mol. The predicted octanol–water partition coefficient (Wildman–Crippen LogP) is 16.5. The Morgan fingerprint density at radius 2 is 0.810 bits per heavy atom. The summed E-state index contributed by atoms with van der Waals surface area (Å²) in [7, 11) is 0. The number of benzene rings is 8. The van der Waals surface area contributed by atoms with Crippen molar-refractivity contribution in [2.75, 3.05) is 4.90 Å². The van der Waals surface area contributed by atoms with Crippen LogP contribution in [0.15, 0.2) is 207 Å². The molecule has 0 spiro atoms. The van der Waals surface area contributed by atoms with Crippen LogP contribution in [-0.4, -0.2) is 15.0 Å². The minimum Gasteiger partial charge on any atom is -0.310 e. The Balaban J connectivity index is 0.884. The van der Waals surface area contributed by atoms with Crippen LogP contribution in [0.25, 0.3) is 106 Å². The zero-order chi connectivity index (χ0) is 41.4. The van der Waals surface area contributed by atoms with Crippen molar-refractivity contribution in [3.8, 4) is 33.5 Å². The topological polar surface area (TPSA) is 41.9 Å². The van der Waals surface area contributed by atoms with Gasteiger partial charge in [-0.25, -0.2) is 0 Å². The van der Waals surface area contributed by atoms with Gasteiger partial charge in [-0.2, -0.15) is 0 Å². The fourth-order valence-corrected chi connectivity index (χ4v) is 11.4. The predicted molar refractivity (Wildman–Crippen MR) is 269 cm³/mol. The third-order valence-corrected chi connectivity index (χ3v) is 14.6. The first-order valence-corrected chi connectivity index (χ1v) is 22.7. The lowest BCUT2D eigenvalue weighted by Crippen LogP contribution is -2.09. The third-order valence-electron chi connectivity index (χ3n) is 12.4. The van der Waals surface area contributed by atoms with E-state index >= 15 is 0 Å². The standard InChI is InChI=1S/C57H34N4S2/c1-2-8-41-32-58-51(29-37(41)7-1)40-19-25-47-38(27-40)13-14-39-28-46(24-26-48(39)47)61(44-20-15-35(16-21-44)42-30-54-56(59-33-42)49-9-3-5-11-52(49)62-54)45-22-17-36(18-23-45)43-31-55-57(60-34-43)50-10-4-6-12-53(50)63-55/h1-34H. The van der Waals surface area contributed by atoms with Crippen molar-refractivity contribution in [1.29, 1.82) is 0 Å². The fraction of sp³-hybridized carbons (Fsp3) is 0. The highest BCUT2D eigenvalue weighted by Crippen LogP contribution is 2.41. The van der Waals surface area contributed by atoms with Gasteiger partial charge in [0.15, 0.2) is 0 Å². The molecule has 0 saturated carbocycles. The van der Waals surface area contributed by atoms with Gasteiger partial charge in [-0.15, -0.1) is 22.7 Å². The highest BCUT2D eigenvalue weighted by Gasteiger charge is 2.17. The number of pyridine rings is 3. The van der Waals surface area contributed by atoms with Crippen molar-refractivity contribution < 1.29 is 0 Å². The van der Waals surface area contributed by atoms with Gasteiger partial charge in [-0.05, 0) is 111 Å². The monoisotopic (exact) mass is 838 g/mol. The molecule has 0 aliphatic rings. The normalized spacial score (nSPS) is 11.8. The number of thiophene rings is 2. The van der Waals surface area contributed by atoms with E-state index in [0.717, 1.165) is 67.0 Å². The second-order valence-electron chi connectivity index (χ2n) is 16.1. The maximum atomic E-state index is 4.93. The van der Waals surface area contributed by atoms with Crippen LogP contribution < -0.4 is 4.90 Å². The van der Waals surface area contributed by atoms with Crippen LogP contribution in [0.2, 0.25) is 0 Å². The number of hydrogen-bond donors (Lipinski definition) is 0. The summed E-state index contributed by atoms with van der Waals surface area (Å²) in [6.07, 6.45) is 5.98. The van der Waals surface area contributed by atoms with Crippen molar-refractivity contribution in [2.24, 2.45) is 0 Å². The molecule has 0 aliphatic carbocycles. The lowest BCUT2D eigenvalue weighted by Gasteiger charge is -2.26. The van der Waals surface area contributed by atoms with E-state index in [1.54, 1.807) is 22.7 Å². The summed E-state index contributed by atoms with van der Waals surface area (Å²) < 4.78 is 4.92. The van der Waals surface area contributed by atoms with Crippen molar-refractivity contribution in [3.63, 3.8) is 0 Å². The molecule has 6 heteroatoms. The van der Waals surface area contributed by atoms with Crippen LogP contribution in [0.4, 0.5) is 17.1 Å². The molecule has 0 fully saturated rings. The molecule has 0 N–H and O–H groups in total. The van der Waals surface area contributed by atoms with Crippen LogP contribution in [0, 0.1) is 0 Å². The number of anilines is 3. The van der Waals surface area contributed by atoms with E-state index in [1.165, 1.54) is 56.5 Å². The number of hydrogen-bond acceptors (Lipinski definition) is 6. The SMILES string of the molecule is c1ccc2cc(-c3ccc4c(ccc5cc(N(c6ccc(-c7cnc8c(c7)sc7ccccc78)cc6)c6ccc(-c7cnc8c(c7)sc7ccccc78)cc6)ccc54)c3)ncc2c1.